The fraction of sp³-hybridized carbons (Fsp3) is 0.909. The smallest absolute Gasteiger partial charge is 0.220 e. The molecule has 0 aromatic heterocycles. The van der Waals surface area contributed by atoms with Crippen LogP contribution in [0.25, 0.3) is 0 Å². The van der Waals surface area contributed by atoms with Gasteiger partial charge in [-0.2, -0.15) is 0 Å². The van der Waals surface area contributed by atoms with Crippen LogP contribution in [0.5, 0.6) is 0 Å². The second kappa shape index (κ2) is 14.6. The lowest BCUT2D eigenvalue weighted by atomic mass is 9.96. The Balaban J connectivity index is 1.50. The van der Waals surface area contributed by atoms with E-state index >= 15 is 0 Å². The van der Waals surface area contributed by atoms with Crippen molar-refractivity contribution < 1.29 is 9.53 Å². The molecule has 2 aliphatic rings. The van der Waals surface area contributed by atoms with Gasteiger partial charge in [0.05, 0.1) is 6.10 Å². The van der Waals surface area contributed by atoms with Crippen LogP contribution in [-0.4, -0.2) is 68.7 Å². The number of hydrogen-bond acceptors (Lipinski definition) is 4. The number of piperidine rings is 1. The topological polar surface area (TPSA) is 92.0 Å². The Morgan fingerprint density at radius 3 is 2.52 bits per heavy atom. The summed E-state index contributed by atoms with van der Waals surface area (Å²) >= 11 is 0. The summed E-state index contributed by atoms with van der Waals surface area (Å²) in [6, 6.07) is 0. The third-order valence-corrected chi connectivity index (χ3v) is 6.01. The number of nitrogens with one attached hydrogen (secondary N) is 2. The Labute approximate surface area is 177 Å². The Kier molecular flexibility index (Phi) is 12.1. The van der Waals surface area contributed by atoms with Gasteiger partial charge < -0.3 is 26.0 Å². The van der Waals surface area contributed by atoms with Crippen molar-refractivity contribution in [2.45, 2.75) is 77.2 Å². The van der Waals surface area contributed by atoms with Gasteiger partial charge in [0.15, 0.2) is 5.96 Å². The van der Waals surface area contributed by atoms with E-state index in [2.05, 4.69) is 27.4 Å². The van der Waals surface area contributed by atoms with Crippen molar-refractivity contribution in [3.05, 3.63) is 0 Å². The molecule has 0 spiro atoms. The number of guanidine groups is 1. The minimum absolute atomic E-state index is 0.0832. The maximum absolute atomic E-state index is 11.2. The van der Waals surface area contributed by atoms with Gasteiger partial charge >= 0.3 is 0 Å². The molecule has 0 atom stereocenters. The summed E-state index contributed by atoms with van der Waals surface area (Å²) in [4.78, 5) is 18.4. The van der Waals surface area contributed by atoms with Crippen LogP contribution >= 0.6 is 0 Å². The lowest BCUT2D eigenvalue weighted by Crippen LogP contribution is -2.39. The van der Waals surface area contributed by atoms with E-state index in [0.717, 1.165) is 83.9 Å². The van der Waals surface area contributed by atoms with Crippen LogP contribution < -0.4 is 16.4 Å². The van der Waals surface area contributed by atoms with Gasteiger partial charge in [0.25, 0.3) is 0 Å². The highest BCUT2D eigenvalue weighted by atomic mass is 16.5. The lowest BCUT2D eigenvalue weighted by molar-refractivity contribution is -0.123. The monoisotopic (exact) mass is 409 g/mol. The molecule has 168 valence electrons. The van der Waals surface area contributed by atoms with E-state index in [1.54, 1.807) is 0 Å². The average Bonchev–Trinajstić information content (AvgIpc) is 2.74. The van der Waals surface area contributed by atoms with Crippen molar-refractivity contribution >= 4 is 11.9 Å². The molecule has 1 amide bonds. The Hall–Kier alpha value is -1.34. The quantitative estimate of drug-likeness (QED) is 0.261. The molecule has 2 fully saturated rings. The Morgan fingerprint density at radius 1 is 1.07 bits per heavy atom. The van der Waals surface area contributed by atoms with Crippen LogP contribution in [0.1, 0.15) is 71.1 Å². The molecular formula is C22H43N5O2. The molecule has 29 heavy (non-hydrogen) atoms. The molecule has 1 aliphatic carbocycles. The zero-order valence-corrected chi connectivity index (χ0v) is 18.5. The molecule has 1 saturated heterocycles. The van der Waals surface area contributed by atoms with E-state index in [1.807, 2.05) is 0 Å². The van der Waals surface area contributed by atoms with E-state index < -0.39 is 0 Å². The summed E-state index contributed by atoms with van der Waals surface area (Å²) in [5.41, 5.74) is 5.40. The first-order chi connectivity index (χ1) is 14.2. The molecule has 0 bridgehead atoms. The molecule has 0 aromatic rings. The number of nitrogens with zero attached hydrogens (tertiary/aromatic N) is 2. The van der Waals surface area contributed by atoms with Gasteiger partial charge in [0.1, 0.15) is 0 Å². The average molecular weight is 410 g/mol. The van der Waals surface area contributed by atoms with E-state index in [0.29, 0.717) is 6.10 Å². The summed E-state index contributed by atoms with van der Waals surface area (Å²) in [5, 5.41) is 6.76. The summed E-state index contributed by atoms with van der Waals surface area (Å²) in [6.07, 6.45) is 12.0. The molecule has 0 radical (unpaired) electrons. The number of rotatable bonds is 12. The zero-order valence-electron chi connectivity index (χ0n) is 18.5. The Bertz CT molecular complexity index is 472. The van der Waals surface area contributed by atoms with Crippen molar-refractivity contribution in [2.75, 3.05) is 45.9 Å². The molecule has 4 N–H and O–H groups in total. The van der Waals surface area contributed by atoms with Crippen molar-refractivity contribution in [3.63, 3.8) is 0 Å². The van der Waals surface area contributed by atoms with Crippen molar-refractivity contribution in [1.82, 2.24) is 15.5 Å². The van der Waals surface area contributed by atoms with Crippen LogP contribution in [0.2, 0.25) is 0 Å². The van der Waals surface area contributed by atoms with Gasteiger partial charge in [-0.25, -0.2) is 0 Å². The number of ether oxygens (including phenoxy) is 1. The number of aliphatic imine (C=N–C) groups is 1. The summed E-state index contributed by atoms with van der Waals surface area (Å²) in [7, 11) is 0. The molecule has 1 aliphatic heterocycles. The van der Waals surface area contributed by atoms with Crippen LogP contribution in [0.15, 0.2) is 4.99 Å². The van der Waals surface area contributed by atoms with Crippen LogP contribution in [0.4, 0.5) is 0 Å². The summed E-state index contributed by atoms with van der Waals surface area (Å²) < 4.78 is 5.97. The second-order valence-electron chi connectivity index (χ2n) is 8.40. The predicted molar refractivity (Wildman–Crippen MR) is 119 cm³/mol. The maximum atomic E-state index is 11.2. The lowest BCUT2D eigenvalue weighted by Gasteiger charge is -2.30. The van der Waals surface area contributed by atoms with Crippen molar-refractivity contribution in [1.29, 1.82) is 0 Å². The van der Waals surface area contributed by atoms with Gasteiger partial charge in [0, 0.05) is 32.2 Å². The first-order valence-electron chi connectivity index (χ1n) is 11.8. The second-order valence-corrected chi connectivity index (χ2v) is 8.40. The van der Waals surface area contributed by atoms with Gasteiger partial charge in [-0.1, -0.05) is 19.3 Å². The van der Waals surface area contributed by atoms with E-state index in [9.17, 15) is 4.79 Å². The van der Waals surface area contributed by atoms with Gasteiger partial charge in [-0.3, -0.25) is 9.79 Å². The summed E-state index contributed by atoms with van der Waals surface area (Å²) in [5.74, 6) is 0.858. The first-order valence-corrected chi connectivity index (χ1v) is 11.8. The van der Waals surface area contributed by atoms with E-state index in [1.165, 1.54) is 32.1 Å². The first kappa shape index (κ1) is 23.9. The molecule has 7 heteroatoms. The maximum Gasteiger partial charge on any atom is 0.220 e. The van der Waals surface area contributed by atoms with E-state index in [4.69, 9.17) is 10.5 Å². The molecule has 7 nitrogen and oxygen atoms in total. The number of unbranched alkanes of at least 4 members (excludes halogenated alkanes) is 1. The number of primary amides is 1. The molecule has 1 heterocycles. The van der Waals surface area contributed by atoms with Crippen LogP contribution in [0, 0.1) is 5.92 Å². The number of carbonyl (C=O) groups is 1. The predicted octanol–water partition coefficient (Wildman–Crippen LogP) is 2.26. The van der Waals surface area contributed by atoms with Gasteiger partial charge in [-0.05, 0) is 71.5 Å². The van der Waals surface area contributed by atoms with Crippen LogP contribution in [0.3, 0.4) is 0 Å². The van der Waals surface area contributed by atoms with Crippen LogP contribution in [-0.2, 0) is 9.53 Å². The highest BCUT2D eigenvalue weighted by Crippen LogP contribution is 2.20. The SMILES string of the molecule is CCNC(=NCCCOC1CCCCC1)NCCCCN1CCC(C(N)=O)CC1. The largest absolute Gasteiger partial charge is 0.378 e. The standard InChI is InChI=1S/C22H43N5O2/c1-2-24-22(26-14-8-18-29-20-9-4-3-5-10-20)25-13-6-7-15-27-16-11-19(12-17-27)21(23)28/h19-20H,2-18H2,1H3,(H2,23,28)(H2,24,25,26). The molecule has 1 saturated carbocycles. The van der Waals surface area contributed by atoms with Gasteiger partial charge in [-0.15, -0.1) is 0 Å². The summed E-state index contributed by atoms with van der Waals surface area (Å²) in [6.45, 7) is 8.61. The minimum Gasteiger partial charge on any atom is -0.378 e. The van der Waals surface area contributed by atoms with E-state index in [-0.39, 0.29) is 11.8 Å². The fourth-order valence-corrected chi connectivity index (χ4v) is 4.19. The third kappa shape index (κ3) is 10.3. The minimum atomic E-state index is -0.135. The number of amides is 1. The highest BCUT2D eigenvalue weighted by Gasteiger charge is 2.22. The fourth-order valence-electron chi connectivity index (χ4n) is 4.19. The number of nitrogens with two attached hydrogens (primary N) is 1. The molecule has 0 unspecified atom stereocenters. The zero-order chi connectivity index (χ0) is 20.7. The molecular weight excluding hydrogens is 366 g/mol. The van der Waals surface area contributed by atoms with Crippen molar-refractivity contribution in [3.8, 4) is 0 Å². The number of hydrogen-bond donors (Lipinski definition) is 3. The third-order valence-electron chi connectivity index (χ3n) is 6.01. The van der Waals surface area contributed by atoms with Gasteiger partial charge in [0.2, 0.25) is 5.91 Å². The Morgan fingerprint density at radius 2 is 1.83 bits per heavy atom. The molecule has 2 rings (SSSR count). The normalized spacial score (nSPS) is 20.0. The number of likely N-dealkylation sites (tertiary alicyclic amines) is 1. The van der Waals surface area contributed by atoms with Crippen molar-refractivity contribution in [2.24, 2.45) is 16.6 Å². The number of carbonyl (C=O) groups excluding carboxylic acids is 1. The highest BCUT2D eigenvalue weighted by molar-refractivity contribution is 5.79. The molecule has 0 aromatic carbocycles.